The van der Waals surface area contributed by atoms with E-state index in [1.807, 2.05) is 0 Å². The van der Waals surface area contributed by atoms with E-state index in [0.717, 1.165) is 6.07 Å². The van der Waals surface area contributed by atoms with Crippen LogP contribution in [0.5, 0.6) is 0 Å². The van der Waals surface area contributed by atoms with Gasteiger partial charge in [0, 0.05) is 12.7 Å². The van der Waals surface area contributed by atoms with Crippen LogP contribution in [0.1, 0.15) is 11.1 Å². The Morgan fingerprint density at radius 2 is 1.86 bits per heavy atom. The number of halogens is 4. The van der Waals surface area contributed by atoms with Crippen LogP contribution < -0.4 is 5.32 Å². The van der Waals surface area contributed by atoms with Crippen LogP contribution in [0.15, 0.2) is 12.1 Å². The summed E-state index contributed by atoms with van der Waals surface area (Å²) >= 11 is 5.50. The molecule has 78 valence electrons. The van der Waals surface area contributed by atoms with E-state index in [1.54, 1.807) is 14.0 Å². The first-order chi connectivity index (χ1) is 6.36. The molecular weight excluding hydrogens is 215 g/mol. The molecule has 0 unspecified atom stereocenters. The normalized spacial score (nSPS) is 11.6. The van der Waals surface area contributed by atoms with Crippen molar-refractivity contribution in [2.24, 2.45) is 0 Å². The van der Waals surface area contributed by atoms with Crippen LogP contribution >= 0.6 is 11.6 Å². The third kappa shape index (κ3) is 2.12. The molecule has 1 N–H and O–H groups in total. The van der Waals surface area contributed by atoms with E-state index in [9.17, 15) is 13.2 Å². The van der Waals surface area contributed by atoms with Crippen molar-refractivity contribution in [3.63, 3.8) is 0 Å². The van der Waals surface area contributed by atoms with E-state index in [0.29, 0.717) is 11.3 Å². The topological polar surface area (TPSA) is 12.0 Å². The van der Waals surface area contributed by atoms with Crippen molar-refractivity contribution in [3.05, 3.63) is 28.3 Å². The van der Waals surface area contributed by atoms with Crippen molar-refractivity contribution in [2.75, 3.05) is 12.4 Å². The number of rotatable bonds is 1. The predicted octanol–water partition coefficient (Wildman–Crippen LogP) is 3.71. The van der Waals surface area contributed by atoms with Gasteiger partial charge in [0.25, 0.3) is 0 Å². The first-order valence-electron chi connectivity index (χ1n) is 3.91. The molecule has 0 amide bonds. The van der Waals surface area contributed by atoms with Gasteiger partial charge in [-0.05, 0) is 24.6 Å². The summed E-state index contributed by atoms with van der Waals surface area (Å²) in [5, 5.41) is 2.48. The Bertz CT molecular complexity index is 347. The number of benzene rings is 1. The highest BCUT2D eigenvalue weighted by Crippen LogP contribution is 2.37. The summed E-state index contributed by atoms with van der Waals surface area (Å²) in [5.41, 5.74) is 0.322. The molecule has 1 nitrogen and oxygen atoms in total. The number of hydrogen-bond donors (Lipinski definition) is 1. The Balaban J connectivity index is 3.29. The third-order valence-corrected chi connectivity index (χ3v) is 2.20. The van der Waals surface area contributed by atoms with Crippen LogP contribution in [0.25, 0.3) is 0 Å². The number of alkyl halides is 3. The minimum absolute atomic E-state index is 0.285. The second-order valence-electron chi connectivity index (χ2n) is 2.89. The molecule has 0 saturated carbocycles. The molecule has 1 aromatic rings. The third-order valence-electron chi connectivity index (χ3n) is 1.89. The van der Waals surface area contributed by atoms with Gasteiger partial charge in [-0.3, -0.25) is 0 Å². The van der Waals surface area contributed by atoms with Gasteiger partial charge >= 0.3 is 6.18 Å². The zero-order chi connectivity index (χ0) is 10.9. The summed E-state index contributed by atoms with van der Waals surface area (Å²) in [6.07, 6.45) is -4.39. The fraction of sp³-hybridized carbons (Fsp3) is 0.333. The van der Waals surface area contributed by atoms with E-state index < -0.39 is 11.7 Å². The predicted molar refractivity (Wildman–Crippen MR) is 50.7 cm³/mol. The molecule has 0 atom stereocenters. The van der Waals surface area contributed by atoms with Crippen LogP contribution in [0, 0.1) is 6.92 Å². The first kappa shape index (κ1) is 11.2. The van der Waals surface area contributed by atoms with Crippen LogP contribution in [0.4, 0.5) is 18.9 Å². The number of aryl methyl sites for hydroxylation is 1. The zero-order valence-electron chi connectivity index (χ0n) is 7.67. The van der Waals surface area contributed by atoms with Crippen LogP contribution in [-0.2, 0) is 6.18 Å². The summed E-state index contributed by atoms with van der Waals surface area (Å²) in [6.45, 7) is 1.59. The van der Waals surface area contributed by atoms with E-state index in [4.69, 9.17) is 11.6 Å². The monoisotopic (exact) mass is 223 g/mol. The SMILES string of the molecule is CNc1cc(Cl)c(C(F)(F)F)cc1C. The maximum Gasteiger partial charge on any atom is 0.417 e. The molecule has 0 aliphatic rings. The lowest BCUT2D eigenvalue weighted by Crippen LogP contribution is -2.07. The second kappa shape index (κ2) is 3.69. The highest BCUT2D eigenvalue weighted by molar-refractivity contribution is 6.31. The zero-order valence-corrected chi connectivity index (χ0v) is 8.42. The fourth-order valence-electron chi connectivity index (χ4n) is 1.17. The highest BCUT2D eigenvalue weighted by Gasteiger charge is 2.33. The van der Waals surface area contributed by atoms with Crippen LogP contribution in [0.2, 0.25) is 5.02 Å². The van der Waals surface area contributed by atoms with Gasteiger partial charge < -0.3 is 5.32 Å². The van der Waals surface area contributed by atoms with Crippen molar-refractivity contribution in [3.8, 4) is 0 Å². The standard InChI is InChI=1S/C9H9ClF3N/c1-5-3-6(9(11,12)13)7(10)4-8(5)14-2/h3-4,14H,1-2H3. The Labute approximate surface area is 84.9 Å². The maximum absolute atomic E-state index is 12.4. The van der Waals surface area contributed by atoms with Crippen LogP contribution in [-0.4, -0.2) is 7.05 Å². The van der Waals surface area contributed by atoms with Gasteiger partial charge in [0.2, 0.25) is 0 Å². The van der Waals surface area contributed by atoms with Crippen molar-refractivity contribution >= 4 is 17.3 Å². The largest absolute Gasteiger partial charge is 0.417 e. The van der Waals surface area contributed by atoms with Crippen molar-refractivity contribution in [2.45, 2.75) is 13.1 Å². The Hall–Kier alpha value is -0.900. The van der Waals surface area contributed by atoms with Crippen LogP contribution in [0.3, 0.4) is 0 Å². The second-order valence-corrected chi connectivity index (χ2v) is 3.30. The molecular formula is C9H9ClF3N. The van der Waals surface area contributed by atoms with E-state index >= 15 is 0 Å². The molecule has 0 radical (unpaired) electrons. The van der Waals surface area contributed by atoms with E-state index in [2.05, 4.69) is 5.32 Å². The Kier molecular flexibility index (Phi) is 2.95. The summed E-state index contributed by atoms with van der Waals surface area (Å²) < 4.78 is 37.1. The molecule has 0 fully saturated rings. The highest BCUT2D eigenvalue weighted by atomic mass is 35.5. The molecule has 5 heteroatoms. The molecule has 1 aromatic carbocycles. The van der Waals surface area contributed by atoms with Gasteiger partial charge in [-0.25, -0.2) is 0 Å². The number of anilines is 1. The van der Waals surface area contributed by atoms with Gasteiger partial charge in [-0.15, -0.1) is 0 Å². The quantitative estimate of drug-likeness (QED) is 0.765. The van der Waals surface area contributed by atoms with Gasteiger partial charge in [0.05, 0.1) is 10.6 Å². The Morgan fingerprint density at radius 1 is 1.29 bits per heavy atom. The van der Waals surface area contributed by atoms with E-state index in [1.165, 1.54) is 6.07 Å². The summed E-state index contributed by atoms with van der Waals surface area (Å²) in [5.74, 6) is 0. The van der Waals surface area contributed by atoms with Gasteiger partial charge in [-0.2, -0.15) is 13.2 Å². The first-order valence-corrected chi connectivity index (χ1v) is 4.29. The van der Waals surface area contributed by atoms with Gasteiger partial charge in [0.1, 0.15) is 0 Å². The van der Waals surface area contributed by atoms with Gasteiger partial charge in [0.15, 0.2) is 0 Å². The average molecular weight is 224 g/mol. The van der Waals surface area contributed by atoms with Gasteiger partial charge in [-0.1, -0.05) is 11.6 Å². The molecule has 0 heterocycles. The molecule has 0 bridgehead atoms. The average Bonchev–Trinajstić information content (AvgIpc) is 2.06. The molecule has 1 rings (SSSR count). The van der Waals surface area contributed by atoms with Crippen molar-refractivity contribution in [1.29, 1.82) is 0 Å². The lowest BCUT2D eigenvalue weighted by Gasteiger charge is -2.12. The van der Waals surface area contributed by atoms with Crippen molar-refractivity contribution < 1.29 is 13.2 Å². The summed E-state index contributed by atoms with van der Waals surface area (Å²) in [4.78, 5) is 0. The fourth-order valence-corrected chi connectivity index (χ4v) is 1.44. The lowest BCUT2D eigenvalue weighted by molar-refractivity contribution is -0.137. The van der Waals surface area contributed by atoms with E-state index in [-0.39, 0.29) is 5.02 Å². The maximum atomic E-state index is 12.4. The smallest absolute Gasteiger partial charge is 0.388 e. The molecule has 0 spiro atoms. The molecule has 0 saturated heterocycles. The summed E-state index contributed by atoms with van der Waals surface area (Å²) in [6, 6.07) is 2.31. The molecule has 14 heavy (non-hydrogen) atoms. The molecule has 0 aromatic heterocycles. The minimum Gasteiger partial charge on any atom is -0.388 e. The number of hydrogen-bond acceptors (Lipinski definition) is 1. The number of nitrogens with one attached hydrogen (secondary N) is 1. The lowest BCUT2D eigenvalue weighted by atomic mass is 10.1. The Morgan fingerprint density at radius 3 is 2.29 bits per heavy atom. The molecule has 0 aliphatic carbocycles. The summed E-state index contributed by atoms with van der Waals surface area (Å²) in [7, 11) is 1.63. The van der Waals surface area contributed by atoms with Crippen molar-refractivity contribution in [1.82, 2.24) is 0 Å². The molecule has 0 aliphatic heterocycles. The minimum atomic E-state index is -4.39.